The van der Waals surface area contributed by atoms with Gasteiger partial charge in [0.2, 0.25) is 0 Å². The van der Waals surface area contributed by atoms with Crippen LogP contribution in [0.25, 0.3) is 11.2 Å². The molecule has 154 valence electrons. The molecule has 0 aliphatic heterocycles. The van der Waals surface area contributed by atoms with Crippen LogP contribution in [-0.4, -0.2) is 36.9 Å². The Bertz CT molecular complexity index is 1150. The van der Waals surface area contributed by atoms with Gasteiger partial charge in [-0.15, -0.1) is 0 Å². The molecule has 3 rings (SSSR count). The fraction of sp³-hybridized carbons (Fsp3) is 0.368. The molecule has 0 bridgehead atoms. The number of hydrogen-bond acceptors (Lipinski definition) is 6. The van der Waals surface area contributed by atoms with E-state index in [0.29, 0.717) is 23.1 Å². The number of nitrogens with zero attached hydrogens (tertiary/aromatic N) is 3. The molecule has 0 aliphatic carbocycles. The zero-order valence-electron chi connectivity index (χ0n) is 16.3. The number of aryl methyl sites for hydroxylation is 1. The number of rotatable bonds is 7. The van der Waals surface area contributed by atoms with Crippen molar-refractivity contribution in [2.45, 2.75) is 37.2 Å². The van der Waals surface area contributed by atoms with Gasteiger partial charge in [0.15, 0.2) is 16.3 Å². The zero-order valence-corrected chi connectivity index (χ0v) is 17.8. The molecule has 1 N–H and O–H groups in total. The minimum Gasteiger partial charge on any atom is -0.465 e. The molecule has 2 heterocycles. The van der Waals surface area contributed by atoms with E-state index in [1.165, 1.54) is 23.4 Å². The molecule has 0 radical (unpaired) electrons. The molecule has 0 aliphatic rings. The highest BCUT2D eigenvalue weighted by atomic mass is 35.5. The van der Waals surface area contributed by atoms with Gasteiger partial charge in [-0.05, 0) is 31.0 Å². The lowest BCUT2D eigenvalue weighted by Gasteiger charge is -2.14. The maximum Gasteiger partial charge on any atom is 0.329 e. The number of aromatic nitrogens is 4. The van der Waals surface area contributed by atoms with Gasteiger partial charge in [-0.3, -0.25) is 19.1 Å². The Hall–Kier alpha value is -2.52. The number of ether oxygens (including phenoxy) is 1. The van der Waals surface area contributed by atoms with Crippen LogP contribution in [0.2, 0.25) is 5.02 Å². The van der Waals surface area contributed by atoms with Crippen molar-refractivity contribution in [1.29, 1.82) is 0 Å². The van der Waals surface area contributed by atoms with Gasteiger partial charge in [0.25, 0.3) is 5.56 Å². The summed E-state index contributed by atoms with van der Waals surface area (Å²) in [5.74, 6) is -0.340. The first-order chi connectivity index (χ1) is 13.8. The molecule has 1 aromatic carbocycles. The smallest absolute Gasteiger partial charge is 0.329 e. The number of imidazole rings is 1. The van der Waals surface area contributed by atoms with Gasteiger partial charge in [-0.1, -0.05) is 42.4 Å². The van der Waals surface area contributed by atoms with Gasteiger partial charge in [0.05, 0.1) is 13.2 Å². The predicted octanol–water partition coefficient (Wildman–Crippen LogP) is 2.56. The van der Waals surface area contributed by atoms with Crippen LogP contribution >= 0.6 is 23.4 Å². The van der Waals surface area contributed by atoms with Crippen LogP contribution in [0.15, 0.2) is 39.0 Å². The van der Waals surface area contributed by atoms with Crippen molar-refractivity contribution in [1.82, 2.24) is 19.1 Å². The summed E-state index contributed by atoms with van der Waals surface area (Å²) in [6.07, 6.45) is 0.531. The SMILES string of the molecule is CCOC(=O)[C@@H](CC)Sc1nc2c(c(=O)[nH]c(=O)n2C)n1Cc1ccc(Cl)cc1. The molecular formula is C19H21ClN4O4S. The first kappa shape index (κ1) is 21.2. The molecule has 2 aromatic heterocycles. The van der Waals surface area contributed by atoms with Crippen LogP contribution < -0.4 is 11.2 Å². The maximum absolute atomic E-state index is 12.6. The van der Waals surface area contributed by atoms with Crippen LogP contribution in [0, 0.1) is 0 Å². The molecule has 10 heteroatoms. The Kier molecular flexibility index (Phi) is 6.49. The first-order valence-corrected chi connectivity index (χ1v) is 10.4. The highest BCUT2D eigenvalue weighted by Gasteiger charge is 2.25. The topological polar surface area (TPSA) is 99.0 Å². The van der Waals surface area contributed by atoms with Crippen molar-refractivity contribution in [3.05, 3.63) is 55.7 Å². The molecule has 1 atom stereocenters. The minimum absolute atomic E-state index is 0.258. The molecule has 0 spiro atoms. The summed E-state index contributed by atoms with van der Waals surface area (Å²) in [6, 6.07) is 7.22. The number of carbonyl (C=O) groups excluding carboxylic acids is 1. The molecular weight excluding hydrogens is 416 g/mol. The Labute approximate surface area is 175 Å². The summed E-state index contributed by atoms with van der Waals surface area (Å²) in [5, 5.41) is 0.584. The van der Waals surface area contributed by atoms with Crippen LogP contribution in [0.5, 0.6) is 0 Å². The Morgan fingerprint density at radius 3 is 2.59 bits per heavy atom. The number of aromatic amines is 1. The van der Waals surface area contributed by atoms with Gasteiger partial charge in [-0.25, -0.2) is 9.78 Å². The number of nitrogens with one attached hydrogen (secondary N) is 1. The van der Waals surface area contributed by atoms with E-state index in [1.54, 1.807) is 23.6 Å². The molecule has 0 fully saturated rings. The van der Waals surface area contributed by atoms with E-state index in [0.717, 1.165) is 5.56 Å². The molecule has 0 unspecified atom stereocenters. The van der Waals surface area contributed by atoms with E-state index >= 15 is 0 Å². The van der Waals surface area contributed by atoms with Crippen LogP contribution in [0.3, 0.4) is 0 Å². The molecule has 29 heavy (non-hydrogen) atoms. The fourth-order valence-corrected chi connectivity index (χ4v) is 4.02. The summed E-state index contributed by atoms with van der Waals surface area (Å²) in [4.78, 5) is 43.7. The standard InChI is InChI=1S/C19H21ClN4O4S/c1-4-13(17(26)28-5-2)29-19-21-15-14(16(25)22-18(27)23(15)3)24(19)10-11-6-8-12(20)9-7-11/h6-9,13H,4-5,10H2,1-3H3,(H,22,25,27)/t13-/m1/s1. The highest BCUT2D eigenvalue weighted by molar-refractivity contribution is 8.00. The number of esters is 1. The Morgan fingerprint density at radius 2 is 1.97 bits per heavy atom. The number of carbonyl (C=O) groups is 1. The van der Waals surface area contributed by atoms with Gasteiger partial charge in [0.1, 0.15) is 5.25 Å². The van der Waals surface area contributed by atoms with Crippen molar-refractivity contribution >= 4 is 40.5 Å². The van der Waals surface area contributed by atoms with Gasteiger partial charge in [0, 0.05) is 12.1 Å². The second-order valence-electron chi connectivity index (χ2n) is 6.36. The van der Waals surface area contributed by atoms with Crippen molar-refractivity contribution in [3.8, 4) is 0 Å². The zero-order chi connectivity index (χ0) is 21.1. The van der Waals surface area contributed by atoms with Crippen LogP contribution in [-0.2, 0) is 23.1 Å². The summed E-state index contributed by atoms with van der Waals surface area (Å²) < 4.78 is 8.14. The largest absolute Gasteiger partial charge is 0.465 e. The van der Waals surface area contributed by atoms with Crippen molar-refractivity contribution < 1.29 is 9.53 Å². The van der Waals surface area contributed by atoms with Crippen molar-refractivity contribution in [2.75, 3.05) is 6.61 Å². The minimum atomic E-state index is -0.548. The Morgan fingerprint density at radius 1 is 1.28 bits per heavy atom. The van der Waals surface area contributed by atoms with Crippen molar-refractivity contribution in [3.63, 3.8) is 0 Å². The monoisotopic (exact) mass is 436 g/mol. The van der Waals surface area contributed by atoms with Crippen LogP contribution in [0.1, 0.15) is 25.8 Å². The molecule has 0 saturated heterocycles. The van der Waals surface area contributed by atoms with Gasteiger partial charge < -0.3 is 9.30 Å². The quantitative estimate of drug-likeness (QED) is 0.451. The number of halogens is 1. The summed E-state index contributed by atoms with van der Waals surface area (Å²) in [7, 11) is 1.54. The third-order valence-electron chi connectivity index (χ3n) is 4.39. The normalized spacial score (nSPS) is 12.3. The fourth-order valence-electron chi connectivity index (χ4n) is 2.88. The van der Waals surface area contributed by atoms with Crippen molar-refractivity contribution in [2.24, 2.45) is 7.05 Å². The third kappa shape index (κ3) is 4.40. The van der Waals surface area contributed by atoms with E-state index < -0.39 is 16.5 Å². The second kappa shape index (κ2) is 8.87. The number of hydrogen-bond donors (Lipinski definition) is 1. The molecule has 0 amide bonds. The third-order valence-corrected chi connectivity index (χ3v) is 5.98. The first-order valence-electron chi connectivity index (χ1n) is 9.13. The Balaban J connectivity index is 2.14. The molecule has 0 saturated carbocycles. The van der Waals surface area contributed by atoms with E-state index in [9.17, 15) is 14.4 Å². The predicted molar refractivity (Wildman–Crippen MR) is 113 cm³/mol. The summed E-state index contributed by atoms with van der Waals surface area (Å²) in [6.45, 7) is 4.24. The van der Waals surface area contributed by atoms with E-state index in [-0.39, 0.29) is 23.7 Å². The second-order valence-corrected chi connectivity index (χ2v) is 7.97. The summed E-state index contributed by atoms with van der Waals surface area (Å²) >= 11 is 7.19. The average molecular weight is 437 g/mol. The molecule has 3 aromatic rings. The average Bonchev–Trinajstić information content (AvgIpc) is 3.04. The maximum atomic E-state index is 12.6. The number of fused-ring (bicyclic) bond motifs is 1. The number of thioether (sulfide) groups is 1. The van der Waals surface area contributed by atoms with Crippen LogP contribution in [0.4, 0.5) is 0 Å². The van der Waals surface area contributed by atoms with Gasteiger partial charge >= 0.3 is 11.7 Å². The number of H-pyrrole nitrogens is 1. The summed E-state index contributed by atoms with van der Waals surface area (Å²) in [5.41, 5.74) is 0.346. The lowest BCUT2D eigenvalue weighted by atomic mass is 10.2. The molecule has 8 nitrogen and oxygen atoms in total. The lowest BCUT2D eigenvalue weighted by molar-refractivity contribution is -0.142. The van der Waals surface area contributed by atoms with E-state index in [1.807, 2.05) is 19.1 Å². The highest BCUT2D eigenvalue weighted by Crippen LogP contribution is 2.29. The lowest BCUT2D eigenvalue weighted by Crippen LogP contribution is -2.29. The van der Waals surface area contributed by atoms with Gasteiger partial charge in [-0.2, -0.15) is 0 Å². The van der Waals surface area contributed by atoms with E-state index in [4.69, 9.17) is 16.3 Å². The number of benzene rings is 1. The van der Waals surface area contributed by atoms with E-state index in [2.05, 4.69) is 9.97 Å².